The molecule has 1 aromatic carbocycles. The number of aliphatic hydroxyl groups is 2. The first-order valence-electron chi connectivity index (χ1n) is 8.46. The Morgan fingerprint density at radius 2 is 2.04 bits per heavy atom. The molecule has 0 aliphatic rings. The molecule has 3 aromatic rings. The van der Waals surface area contributed by atoms with Crippen LogP contribution < -0.4 is 4.74 Å². The van der Waals surface area contributed by atoms with E-state index in [1.165, 1.54) is 6.33 Å². The van der Waals surface area contributed by atoms with Crippen LogP contribution in [-0.2, 0) is 13.2 Å². The van der Waals surface area contributed by atoms with Gasteiger partial charge in [0.25, 0.3) is 5.95 Å². The van der Waals surface area contributed by atoms with Gasteiger partial charge in [0.15, 0.2) is 11.2 Å². The maximum atomic E-state index is 9.75. The third-order valence-corrected chi connectivity index (χ3v) is 3.66. The van der Waals surface area contributed by atoms with Crippen LogP contribution in [0.3, 0.4) is 0 Å². The van der Waals surface area contributed by atoms with E-state index in [0.717, 1.165) is 5.56 Å². The number of ether oxygens (including phenoxy) is 1. The normalized spacial score (nSPS) is 12.6. The lowest BCUT2D eigenvalue weighted by atomic mass is 10.2. The molecule has 0 saturated heterocycles. The van der Waals surface area contributed by atoms with Gasteiger partial charge in [-0.3, -0.25) is 0 Å². The van der Waals surface area contributed by atoms with E-state index in [4.69, 9.17) is 9.84 Å². The van der Waals surface area contributed by atoms with Crippen LogP contribution in [0.15, 0.2) is 41.7 Å². The summed E-state index contributed by atoms with van der Waals surface area (Å²) in [7, 11) is 3.69. The van der Waals surface area contributed by atoms with Crippen molar-refractivity contribution < 1.29 is 14.9 Å². The highest BCUT2D eigenvalue weighted by molar-refractivity contribution is 5.78. The summed E-state index contributed by atoms with van der Waals surface area (Å²) < 4.78 is 7.51. The average Bonchev–Trinajstić information content (AvgIpc) is 3.08. The number of nitrogens with zero attached hydrogens (tertiary/aromatic N) is 6. The van der Waals surface area contributed by atoms with E-state index in [2.05, 4.69) is 19.9 Å². The fourth-order valence-electron chi connectivity index (χ4n) is 2.38. The number of imidazole rings is 1. The molecular weight excluding hydrogens is 348 g/mol. The minimum absolute atomic E-state index is 0.152. The molecular formula is C18H22N6O3. The van der Waals surface area contributed by atoms with Gasteiger partial charge in [-0.25, -0.2) is 9.98 Å². The molecule has 0 fully saturated rings. The first kappa shape index (κ1) is 18.7. The van der Waals surface area contributed by atoms with Crippen molar-refractivity contribution in [3.8, 4) is 5.88 Å². The lowest BCUT2D eigenvalue weighted by Crippen LogP contribution is -2.19. The number of benzene rings is 1. The molecule has 142 valence electrons. The molecule has 0 amide bonds. The number of hydrogen-bond acceptors (Lipinski definition) is 7. The average molecular weight is 370 g/mol. The zero-order valence-electron chi connectivity index (χ0n) is 15.2. The molecule has 0 radical (unpaired) electrons. The molecule has 9 heteroatoms. The van der Waals surface area contributed by atoms with E-state index in [1.807, 2.05) is 44.4 Å². The number of fused-ring (bicyclic) bond motifs is 1. The van der Waals surface area contributed by atoms with Gasteiger partial charge in [0, 0.05) is 14.1 Å². The number of aromatic nitrogens is 4. The van der Waals surface area contributed by atoms with Gasteiger partial charge in [0.1, 0.15) is 6.61 Å². The second-order valence-electron chi connectivity index (χ2n) is 6.22. The lowest BCUT2D eigenvalue weighted by Gasteiger charge is -2.10. The summed E-state index contributed by atoms with van der Waals surface area (Å²) in [4.78, 5) is 19.1. The van der Waals surface area contributed by atoms with E-state index < -0.39 is 6.10 Å². The van der Waals surface area contributed by atoms with Crippen molar-refractivity contribution in [2.75, 3.05) is 20.7 Å². The van der Waals surface area contributed by atoms with Crippen LogP contribution in [0.25, 0.3) is 11.2 Å². The molecule has 0 bridgehead atoms. The summed E-state index contributed by atoms with van der Waals surface area (Å²) in [6, 6.07) is 9.73. The van der Waals surface area contributed by atoms with Crippen LogP contribution in [0.5, 0.6) is 5.88 Å². The van der Waals surface area contributed by atoms with E-state index >= 15 is 0 Å². The largest absolute Gasteiger partial charge is 0.471 e. The number of aliphatic hydroxyl groups excluding tert-OH is 2. The van der Waals surface area contributed by atoms with Gasteiger partial charge in [-0.05, 0) is 5.56 Å². The molecule has 2 heterocycles. The van der Waals surface area contributed by atoms with Gasteiger partial charge in [-0.2, -0.15) is 9.97 Å². The van der Waals surface area contributed by atoms with Crippen LogP contribution in [0.4, 0.5) is 5.95 Å². The fourth-order valence-corrected chi connectivity index (χ4v) is 2.38. The predicted octanol–water partition coefficient (Wildman–Crippen LogP) is 0.980. The van der Waals surface area contributed by atoms with Crippen LogP contribution >= 0.6 is 0 Å². The minimum Gasteiger partial charge on any atom is -0.471 e. The lowest BCUT2D eigenvalue weighted by molar-refractivity contribution is 0.0820. The summed E-state index contributed by atoms with van der Waals surface area (Å²) in [6.07, 6.45) is 2.21. The molecule has 1 atom stereocenters. The van der Waals surface area contributed by atoms with Crippen LogP contribution in [0.2, 0.25) is 0 Å². The quantitative estimate of drug-likeness (QED) is 0.449. The molecule has 0 spiro atoms. The predicted molar refractivity (Wildman–Crippen MR) is 101 cm³/mol. The van der Waals surface area contributed by atoms with Crippen molar-refractivity contribution in [1.82, 2.24) is 24.4 Å². The van der Waals surface area contributed by atoms with E-state index in [-0.39, 0.29) is 19.1 Å². The van der Waals surface area contributed by atoms with Gasteiger partial charge < -0.3 is 24.4 Å². The standard InChI is InChI=1S/C18H22N6O3/c1-23(2)11-20-18-21-16-15(19-12-24(16)8-14(26)9-25)17(22-18)27-10-13-6-4-3-5-7-13/h3-7,11-12,14,25-26H,8-10H2,1-2H3/b20-11+/t14-/m0/s1. The maximum absolute atomic E-state index is 9.75. The Labute approximate surface area is 156 Å². The molecule has 0 aliphatic heterocycles. The first-order valence-corrected chi connectivity index (χ1v) is 8.46. The molecule has 2 aromatic heterocycles. The Morgan fingerprint density at radius 3 is 2.74 bits per heavy atom. The van der Waals surface area contributed by atoms with Gasteiger partial charge in [0.05, 0.1) is 31.9 Å². The minimum atomic E-state index is -0.917. The van der Waals surface area contributed by atoms with Crippen LogP contribution in [0, 0.1) is 0 Å². The van der Waals surface area contributed by atoms with Crippen molar-refractivity contribution >= 4 is 23.5 Å². The summed E-state index contributed by atoms with van der Waals surface area (Å²) in [5.41, 5.74) is 1.95. The Bertz CT molecular complexity index is 910. The van der Waals surface area contributed by atoms with Gasteiger partial charge in [-0.1, -0.05) is 30.3 Å². The van der Waals surface area contributed by atoms with Gasteiger partial charge in [0.2, 0.25) is 5.88 Å². The third-order valence-electron chi connectivity index (χ3n) is 3.66. The second-order valence-corrected chi connectivity index (χ2v) is 6.22. The number of aliphatic imine (C=N–C) groups is 1. The van der Waals surface area contributed by atoms with E-state index in [1.54, 1.807) is 15.8 Å². The Balaban J connectivity index is 1.96. The Morgan fingerprint density at radius 1 is 1.26 bits per heavy atom. The Kier molecular flexibility index (Phi) is 5.94. The molecule has 0 unspecified atom stereocenters. The van der Waals surface area contributed by atoms with Crippen LogP contribution in [-0.4, -0.2) is 67.8 Å². The SMILES string of the molecule is CN(C)/C=N/c1nc(OCc2ccccc2)c2ncn(C[C@H](O)CO)c2n1. The molecule has 9 nitrogen and oxygen atoms in total. The van der Waals surface area contributed by atoms with Crippen molar-refractivity contribution in [2.24, 2.45) is 4.99 Å². The second kappa shape index (κ2) is 8.56. The van der Waals surface area contributed by atoms with E-state index in [0.29, 0.717) is 23.7 Å². The number of hydrogen-bond donors (Lipinski definition) is 2. The first-order chi connectivity index (χ1) is 13.1. The Hall–Kier alpha value is -3.04. The fraction of sp³-hybridized carbons (Fsp3) is 0.333. The van der Waals surface area contributed by atoms with Gasteiger partial charge in [-0.15, -0.1) is 0 Å². The zero-order chi connectivity index (χ0) is 19.2. The highest BCUT2D eigenvalue weighted by Gasteiger charge is 2.16. The van der Waals surface area contributed by atoms with Gasteiger partial charge >= 0.3 is 0 Å². The zero-order valence-corrected chi connectivity index (χ0v) is 15.2. The molecule has 0 aliphatic carbocycles. The molecule has 2 N–H and O–H groups in total. The highest BCUT2D eigenvalue weighted by Crippen LogP contribution is 2.25. The monoisotopic (exact) mass is 370 g/mol. The van der Waals surface area contributed by atoms with Crippen molar-refractivity contribution in [1.29, 1.82) is 0 Å². The molecule has 27 heavy (non-hydrogen) atoms. The summed E-state index contributed by atoms with van der Waals surface area (Å²) in [5, 5.41) is 18.8. The number of rotatable bonds is 8. The summed E-state index contributed by atoms with van der Waals surface area (Å²) >= 11 is 0. The maximum Gasteiger partial charge on any atom is 0.256 e. The molecule has 3 rings (SSSR count). The van der Waals surface area contributed by atoms with Crippen molar-refractivity contribution in [2.45, 2.75) is 19.3 Å². The molecule has 0 saturated carbocycles. The topological polar surface area (TPSA) is 109 Å². The summed E-state index contributed by atoms with van der Waals surface area (Å²) in [5.74, 6) is 0.534. The summed E-state index contributed by atoms with van der Waals surface area (Å²) in [6.45, 7) is 0.128. The third kappa shape index (κ3) is 4.78. The smallest absolute Gasteiger partial charge is 0.256 e. The van der Waals surface area contributed by atoms with E-state index in [9.17, 15) is 5.11 Å². The van der Waals surface area contributed by atoms with Crippen molar-refractivity contribution in [3.05, 3.63) is 42.2 Å². The van der Waals surface area contributed by atoms with Crippen molar-refractivity contribution in [3.63, 3.8) is 0 Å². The van der Waals surface area contributed by atoms with Crippen LogP contribution in [0.1, 0.15) is 5.56 Å². The highest BCUT2D eigenvalue weighted by atomic mass is 16.5.